The van der Waals surface area contributed by atoms with E-state index in [0.717, 1.165) is 15.6 Å². The van der Waals surface area contributed by atoms with Crippen LogP contribution in [-0.4, -0.2) is 63.7 Å². The highest BCUT2D eigenvalue weighted by atomic mass is 35.5. The van der Waals surface area contributed by atoms with Crippen LogP contribution in [0.1, 0.15) is 15.2 Å². The van der Waals surface area contributed by atoms with Crippen LogP contribution < -0.4 is 20.3 Å². The van der Waals surface area contributed by atoms with E-state index in [0.29, 0.717) is 22.0 Å². The van der Waals surface area contributed by atoms with Gasteiger partial charge in [0.15, 0.2) is 6.10 Å². The summed E-state index contributed by atoms with van der Waals surface area (Å²) < 4.78 is 32.9. The number of amides is 3. The number of thiophene rings is 1. The lowest BCUT2D eigenvalue weighted by Crippen LogP contribution is -2.51. The average Bonchev–Trinajstić information content (AvgIpc) is 3.30. The first-order valence-electron chi connectivity index (χ1n) is 11.6. The van der Waals surface area contributed by atoms with Crippen molar-refractivity contribution in [2.24, 2.45) is 0 Å². The predicted octanol–water partition coefficient (Wildman–Crippen LogP) is 3.15. The molecular formula is C25H24Cl2N4O6S2. The zero-order valence-corrected chi connectivity index (χ0v) is 24.0. The van der Waals surface area contributed by atoms with Crippen LogP contribution in [0.5, 0.6) is 5.75 Å². The molecule has 2 aromatic carbocycles. The third kappa shape index (κ3) is 6.20. The fourth-order valence-electron chi connectivity index (χ4n) is 3.80. The van der Waals surface area contributed by atoms with Crippen LogP contribution in [0.15, 0.2) is 58.8 Å². The summed E-state index contributed by atoms with van der Waals surface area (Å²) in [5, 5.41) is 7.07. The number of benzene rings is 2. The number of hydrogen-bond donors (Lipinski definition) is 2. The highest BCUT2D eigenvalue weighted by Gasteiger charge is 2.36. The molecule has 0 fully saturated rings. The Labute approximate surface area is 239 Å². The average molecular weight is 612 g/mol. The summed E-state index contributed by atoms with van der Waals surface area (Å²) in [5.41, 5.74) is 0.901. The van der Waals surface area contributed by atoms with E-state index in [9.17, 15) is 22.8 Å². The zero-order chi connectivity index (χ0) is 28.3. The number of likely N-dealkylation sites (N-methyl/N-ethyl adjacent to an activating group) is 1. The Hall–Kier alpha value is -3.16. The van der Waals surface area contributed by atoms with Crippen LogP contribution in [0.2, 0.25) is 10.0 Å². The van der Waals surface area contributed by atoms with E-state index in [2.05, 4.69) is 10.6 Å². The fraction of sp³-hybridized carbons (Fsp3) is 0.240. The minimum atomic E-state index is -3.84. The molecule has 0 spiro atoms. The summed E-state index contributed by atoms with van der Waals surface area (Å²) in [6, 6.07) is 12.6. The first-order chi connectivity index (χ1) is 18.5. The highest BCUT2D eigenvalue weighted by Crippen LogP contribution is 2.37. The molecule has 1 unspecified atom stereocenters. The van der Waals surface area contributed by atoms with Crippen LogP contribution in [0.4, 0.5) is 5.69 Å². The first-order valence-corrected chi connectivity index (χ1v) is 14.6. The van der Waals surface area contributed by atoms with E-state index < -0.39 is 27.9 Å². The molecule has 4 rings (SSSR count). The number of ether oxygens (including phenoxy) is 1. The Morgan fingerprint density at radius 2 is 1.82 bits per heavy atom. The van der Waals surface area contributed by atoms with Crippen LogP contribution in [-0.2, 0) is 26.2 Å². The smallest absolute Gasteiger partial charge is 0.270 e. The number of nitrogens with one attached hydrogen (secondary N) is 2. The lowest BCUT2D eigenvalue weighted by Gasteiger charge is -2.34. The van der Waals surface area contributed by atoms with Crippen molar-refractivity contribution < 1.29 is 27.5 Å². The van der Waals surface area contributed by atoms with Gasteiger partial charge < -0.3 is 15.4 Å². The van der Waals surface area contributed by atoms with Crippen molar-refractivity contribution in [3.05, 3.63) is 74.4 Å². The van der Waals surface area contributed by atoms with E-state index in [1.807, 2.05) is 0 Å². The molecule has 2 N–H and O–H groups in total. The van der Waals surface area contributed by atoms with E-state index in [-0.39, 0.29) is 40.3 Å². The van der Waals surface area contributed by atoms with Crippen LogP contribution >= 0.6 is 34.5 Å². The molecule has 39 heavy (non-hydrogen) atoms. The third-order valence-electron chi connectivity index (χ3n) is 5.92. The number of fused-ring (bicyclic) bond motifs is 1. The van der Waals surface area contributed by atoms with Gasteiger partial charge in [-0.3, -0.25) is 19.3 Å². The zero-order valence-electron chi connectivity index (χ0n) is 20.8. The van der Waals surface area contributed by atoms with Gasteiger partial charge in [-0.1, -0.05) is 35.3 Å². The second-order valence-electron chi connectivity index (χ2n) is 8.50. The number of sulfonamides is 1. The summed E-state index contributed by atoms with van der Waals surface area (Å²) >= 11 is 13.5. The molecular weight excluding hydrogens is 587 g/mol. The summed E-state index contributed by atoms with van der Waals surface area (Å²) in [4.78, 5) is 39.6. The molecule has 1 aliphatic heterocycles. The number of carbonyl (C=O) groups excluding carboxylic acids is 3. The van der Waals surface area contributed by atoms with Gasteiger partial charge in [0.1, 0.15) is 10.6 Å². The van der Waals surface area contributed by atoms with Gasteiger partial charge in [-0.05, 0) is 47.3 Å². The second kappa shape index (κ2) is 11.9. The Morgan fingerprint density at radius 3 is 2.51 bits per heavy atom. The Bertz CT molecular complexity index is 1510. The van der Waals surface area contributed by atoms with Crippen molar-refractivity contribution in [3.63, 3.8) is 0 Å². The molecule has 1 aromatic heterocycles. The molecule has 10 nitrogen and oxygen atoms in total. The van der Waals surface area contributed by atoms with Crippen LogP contribution in [0, 0.1) is 0 Å². The fourth-order valence-corrected chi connectivity index (χ4v) is 6.36. The van der Waals surface area contributed by atoms with Crippen LogP contribution in [0.3, 0.4) is 0 Å². The minimum Gasteiger partial charge on any atom is -0.477 e. The Balaban J connectivity index is 1.55. The maximum absolute atomic E-state index is 13.7. The molecule has 0 saturated heterocycles. The molecule has 206 valence electrons. The Kier molecular flexibility index (Phi) is 8.82. The van der Waals surface area contributed by atoms with E-state index >= 15 is 0 Å². The summed E-state index contributed by atoms with van der Waals surface area (Å²) in [7, 11) is -0.970. The standard InChI is InChI=1S/C25H24Cl2N4O6S2/c1-28-21(32)11-29-24(33)20-13-31(18-5-3-4-6-19(18)37-20)25(34)23-22(27)15(14-38-23)12-30(2)39(35,36)17-9-7-16(26)8-10-17/h3-10,14,20H,11-13H2,1-2H3,(H,28,32)(H,29,33). The molecule has 0 saturated carbocycles. The molecule has 0 radical (unpaired) electrons. The molecule has 1 atom stereocenters. The molecule has 1 aliphatic rings. The van der Waals surface area contributed by atoms with Gasteiger partial charge >= 0.3 is 0 Å². The molecule has 3 aromatic rings. The van der Waals surface area contributed by atoms with Crippen LogP contribution in [0.25, 0.3) is 0 Å². The molecule has 0 aliphatic carbocycles. The van der Waals surface area contributed by atoms with E-state index in [4.69, 9.17) is 27.9 Å². The summed E-state index contributed by atoms with van der Waals surface area (Å²) in [6.07, 6.45) is -1.07. The number of para-hydroxylation sites is 2. The summed E-state index contributed by atoms with van der Waals surface area (Å²) in [5.74, 6) is -1.09. The number of hydrogen-bond acceptors (Lipinski definition) is 7. The molecule has 0 bridgehead atoms. The molecule has 3 amide bonds. The van der Waals surface area contributed by atoms with Gasteiger partial charge in [0.05, 0.1) is 28.7 Å². The van der Waals surface area contributed by atoms with Gasteiger partial charge in [0.2, 0.25) is 15.9 Å². The van der Waals surface area contributed by atoms with Crippen molar-refractivity contribution in [1.29, 1.82) is 0 Å². The van der Waals surface area contributed by atoms with Crippen molar-refractivity contribution in [3.8, 4) is 5.75 Å². The monoisotopic (exact) mass is 610 g/mol. The van der Waals surface area contributed by atoms with E-state index in [1.165, 1.54) is 43.3 Å². The quantitative estimate of drug-likeness (QED) is 0.404. The van der Waals surface area contributed by atoms with Gasteiger partial charge in [-0.2, -0.15) is 4.31 Å². The first kappa shape index (κ1) is 28.8. The number of carbonyl (C=O) groups is 3. The van der Waals surface area contributed by atoms with Crippen molar-refractivity contribution in [1.82, 2.24) is 14.9 Å². The van der Waals surface area contributed by atoms with Crippen molar-refractivity contribution >= 4 is 68.0 Å². The van der Waals surface area contributed by atoms with Gasteiger partial charge in [-0.15, -0.1) is 11.3 Å². The second-order valence-corrected chi connectivity index (χ2v) is 12.2. The normalized spacial score (nSPS) is 14.9. The van der Waals surface area contributed by atoms with Crippen molar-refractivity contribution in [2.75, 3.05) is 32.1 Å². The lowest BCUT2D eigenvalue weighted by molar-refractivity contribution is -0.130. The maximum Gasteiger partial charge on any atom is 0.270 e. The highest BCUT2D eigenvalue weighted by molar-refractivity contribution is 7.89. The lowest BCUT2D eigenvalue weighted by atomic mass is 10.1. The SMILES string of the molecule is CNC(=O)CNC(=O)C1CN(C(=O)c2scc(CN(C)S(=O)(=O)c3ccc(Cl)cc3)c2Cl)c2ccccc2O1. The topological polar surface area (TPSA) is 125 Å². The minimum absolute atomic E-state index is 0.0716. The number of anilines is 1. The number of rotatable bonds is 8. The summed E-state index contributed by atoms with van der Waals surface area (Å²) in [6.45, 7) is -0.432. The van der Waals surface area contributed by atoms with E-state index in [1.54, 1.807) is 29.6 Å². The third-order valence-corrected chi connectivity index (χ3v) is 9.55. The van der Waals surface area contributed by atoms with Crippen molar-refractivity contribution in [2.45, 2.75) is 17.5 Å². The largest absolute Gasteiger partial charge is 0.477 e. The number of nitrogens with zero attached hydrogens (tertiary/aromatic N) is 2. The van der Waals surface area contributed by atoms with Gasteiger partial charge in [0, 0.05) is 25.7 Å². The molecule has 14 heteroatoms. The molecule has 2 heterocycles. The Morgan fingerprint density at radius 1 is 1.13 bits per heavy atom. The van der Waals surface area contributed by atoms with Gasteiger partial charge in [0.25, 0.3) is 11.8 Å². The maximum atomic E-state index is 13.7. The number of halogens is 2. The predicted molar refractivity (Wildman–Crippen MR) is 149 cm³/mol. The van der Waals surface area contributed by atoms with Gasteiger partial charge in [-0.25, -0.2) is 8.42 Å².